The van der Waals surface area contributed by atoms with Crippen molar-refractivity contribution in [1.29, 1.82) is 0 Å². The van der Waals surface area contributed by atoms with Crippen LogP contribution in [0, 0.1) is 5.92 Å². The average Bonchev–Trinajstić information content (AvgIpc) is 3.23. The number of hydrogen-bond donors (Lipinski definition) is 2. The molecule has 1 aliphatic rings. The van der Waals surface area contributed by atoms with E-state index >= 15 is 0 Å². The molecule has 1 aromatic carbocycles. The number of benzene rings is 1. The van der Waals surface area contributed by atoms with Gasteiger partial charge in [-0.05, 0) is 36.4 Å². The molecule has 0 radical (unpaired) electrons. The van der Waals surface area contributed by atoms with Crippen molar-refractivity contribution in [3.8, 4) is 0 Å². The number of amides is 2. The van der Waals surface area contributed by atoms with E-state index < -0.39 is 12.0 Å². The number of anilines is 1. The van der Waals surface area contributed by atoms with E-state index in [1.54, 1.807) is 41.3 Å². The smallest absolute Gasteiger partial charge is 0.227 e. The van der Waals surface area contributed by atoms with Crippen molar-refractivity contribution in [2.24, 2.45) is 5.92 Å². The molecule has 7 heteroatoms. The van der Waals surface area contributed by atoms with E-state index in [-0.39, 0.29) is 24.8 Å². The number of carbonyl (C=O) groups is 2. The van der Waals surface area contributed by atoms with Gasteiger partial charge >= 0.3 is 0 Å². The normalized spacial score (nSPS) is 18.7. The molecule has 0 spiro atoms. The van der Waals surface area contributed by atoms with Gasteiger partial charge in [-0.25, -0.2) is 0 Å². The lowest BCUT2D eigenvalue weighted by molar-refractivity contribution is -0.126. The third kappa shape index (κ3) is 3.60. The van der Waals surface area contributed by atoms with Crippen LogP contribution in [-0.4, -0.2) is 30.0 Å². The van der Waals surface area contributed by atoms with Gasteiger partial charge in [-0.1, -0.05) is 11.6 Å². The minimum absolute atomic E-state index is 0.0397. The Morgan fingerprint density at radius 2 is 2.12 bits per heavy atom. The fourth-order valence-corrected chi connectivity index (χ4v) is 2.80. The molecule has 2 atom stereocenters. The summed E-state index contributed by atoms with van der Waals surface area (Å²) in [6.45, 7) is 0.348. The SMILES string of the molecule is O=C(NCC(O)c1ccco1)C1CC(=O)N(c2ccc(Cl)cc2)C1. The Kier molecular flexibility index (Phi) is 4.87. The van der Waals surface area contributed by atoms with Gasteiger partial charge in [0, 0.05) is 23.7 Å². The van der Waals surface area contributed by atoms with Gasteiger partial charge in [0.1, 0.15) is 11.9 Å². The lowest BCUT2D eigenvalue weighted by Gasteiger charge is -2.17. The first kappa shape index (κ1) is 16.5. The molecule has 1 aliphatic heterocycles. The zero-order chi connectivity index (χ0) is 17.1. The van der Waals surface area contributed by atoms with Gasteiger partial charge in [-0.15, -0.1) is 0 Å². The Labute approximate surface area is 144 Å². The van der Waals surface area contributed by atoms with Crippen LogP contribution in [0.15, 0.2) is 47.1 Å². The van der Waals surface area contributed by atoms with Crippen LogP contribution in [0.1, 0.15) is 18.3 Å². The molecule has 2 aromatic rings. The van der Waals surface area contributed by atoms with Gasteiger partial charge in [-0.2, -0.15) is 0 Å². The van der Waals surface area contributed by atoms with Crippen LogP contribution < -0.4 is 10.2 Å². The van der Waals surface area contributed by atoms with Gasteiger partial charge in [0.15, 0.2) is 0 Å². The largest absolute Gasteiger partial charge is 0.467 e. The molecular weight excluding hydrogens is 332 g/mol. The third-order valence-electron chi connectivity index (χ3n) is 3.98. The Balaban J connectivity index is 1.57. The predicted molar refractivity (Wildman–Crippen MR) is 88.6 cm³/mol. The molecule has 126 valence electrons. The number of halogens is 1. The molecule has 2 heterocycles. The Bertz CT molecular complexity index is 715. The van der Waals surface area contributed by atoms with Crippen molar-refractivity contribution in [2.75, 3.05) is 18.0 Å². The van der Waals surface area contributed by atoms with E-state index in [4.69, 9.17) is 16.0 Å². The summed E-state index contributed by atoms with van der Waals surface area (Å²) in [5.74, 6) is -0.424. The lowest BCUT2D eigenvalue weighted by Crippen LogP contribution is -2.35. The van der Waals surface area contributed by atoms with Gasteiger partial charge in [-0.3, -0.25) is 9.59 Å². The number of rotatable bonds is 5. The van der Waals surface area contributed by atoms with Gasteiger partial charge in [0.05, 0.1) is 18.7 Å². The Morgan fingerprint density at radius 3 is 2.79 bits per heavy atom. The molecule has 0 saturated carbocycles. The number of nitrogens with zero attached hydrogens (tertiary/aromatic N) is 1. The highest BCUT2D eigenvalue weighted by molar-refractivity contribution is 6.30. The van der Waals surface area contributed by atoms with Gasteiger partial charge in [0.25, 0.3) is 0 Å². The maximum Gasteiger partial charge on any atom is 0.227 e. The van der Waals surface area contributed by atoms with Gasteiger partial charge < -0.3 is 19.7 Å². The topological polar surface area (TPSA) is 82.8 Å². The molecule has 6 nitrogen and oxygen atoms in total. The van der Waals surface area contributed by atoms with E-state index in [1.807, 2.05) is 0 Å². The molecule has 2 unspecified atom stereocenters. The van der Waals surface area contributed by atoms with E-state index in [0.29, 0.717) is 17.3 Å². The zero-order valence-corrected chi connectivity index (χ0v) is 13.6. The highest BCUT2D eigenvalue weighted by Crippen LogP contribution is 2.26. The minimum Gasteiger partial charge on any atom is -0.467 e. The summed E-state index contributed by atoms with van der Waals surface area (Å²) in [6, 6.07) is 10.2. The summed E-state index contributed by atoms with van der Waals surface area (Å²) in [6.07, 6.45) is 0.694. The Morgan fingerprint density at radius 1 is 1.38 bits per heavy atom. The zero-order valence-electron chi connectivity index (χ0n) is 12.8. The standard InChI is InChI=1S/C17H17ClN2O4/c18-12-3-5-13(6-4-12)20-10-11(8-16(20)22)17(23)19-9-14(21)15-2-1-7-24-15/h1-7,11,14,21H,8-10H2,(H,19,23). The molecule has 0 aliphatic carbocycles. The number of hydrogen-bond acceptors (Lipinski definition) is 4. The number of carbonyl (C=O) groups excluding carboxylic acids is 2. The van der Waals surface area contributed by atoms with E-state index in [1.165, 1.54) is 6.26 Å². The van der Waals surface area contributed by atoms with Crippen molar-refractivity contribution < 1.29 is 19.1 Å². The number of aliphatic hydroxyl groups excluding tert-OH is 1. The lowest BCUT2D eigenvalue weighted by atomic mass is 10.1. The van der Waals surface area contributed by atoms with Crippen LogP contribution in [-0.2, 0) is 9.59 Å². The predicted octanol–water partition coefficient (Wildman–Crippen LogP) is 2.14. The molecule has 2 amide bonds. The second-order valence-corrected chi connectivity index (χ2v) is 6.09. The van der Waals surface area contributed by atoms with E-state index in [0.717, 1.165) is 5.69 Å². The number of furan rings is 1. The van der Waals surface area contributed by atoms with Crippen LogP contribution >= 0.6 is 11.6 Å². The van der Waals surface area contributed by atoms with Crippen molar-refractivity contribution >= 4 is 29.1 Å². The summed E-state index contributed by atoms with van der Waals surface area (Å²) < 4.78 is 5.08. The number of nitrogens with one attached hydrogen (secondary N) is 1. The summed E-state index contributed by atoms with van der Waals surface area (Å²) in [5, 5.41) is 13.2. The first-order chi connectivity index (χ1) is 11.5. The van der Waals surface area contributed by atoms with Crippen LogP contribution in [0.2, 0.25) is 5.02 Å². The highest BCUT2D eigenvalue weighted by Gasteiger charge is 2.35. The Hall–Kier alpha value is -2.31. The molecule has 1 aromatic heterocycles. The van der Waals surface area contributed by atoms with E-state index in [9.17, 15) is 14.7 Å². The molecule has 3 rings (SSSR count). The quantitative estimate of drug-likeness (QED) is 0.867. The molecule has 0 bridgehead atoms. The van der Waals surface area contributed by atoms with Crippen LogP contribution in [0.4, 0.5) is 5.69 Å². The average molecular weight is 349 g/mol. The second kappa shape index (κ2) is 7.07. The van der Waals surface area contributed by atoms with Crippen molar-refractivity contribution in [3.05, 3.63) is 53.4 Å². The fourth-order valence-electron chi connectivity index (χ4n) is 2.68. The molecule has 24 heavy (non-hydrogen) atoms. The highest BCUT2D eigenvalue weighted by atomic mass is 35.5. The maximum absolute atomic E-state index is 12.2. The first-order valence-electron chi connectivity index (χ1n) is 7.59. The molecule has 1 fully saturated rings. The van der Waals surface area contributed by atoms with Gasteiger partial charge in [0.2, 0.25) is 11.8 Å². The van der Waals surface area contributed by atoms with Crippen molar-refractivity contribution in [1.82, 2.24) is 5.32 Å². The summed E-state index contributed by atoms with van der Waals surface area (Å²) in [7, 11) is 0. The van der Waals surface area contributed by atoms with Crippen LogP contribution in [0.5, 0.6) is 0 Å². The van der Waals surface area contributed by atoms with E-state index in [2.05, 4.69) is 5.32 Å². The van der Waals surface area contributed by atoms with Crippen molar-refractivity contribution in [2.45, 2.75) is 12.5 Å². The fraction of sp³-hybridized carbons (Fsp3) is 0.294. The summed E-state index contributed by atoms with van der Waals surface area (Å²) in [5.41, 5.74) is 0.718. The summed E-state index contributed by atoms with van der Waals surface area (Å²) >= 11 is 5.85. The third-order valence-corrected chi connectivity index (χ3v) is 4.23. The summed E-state index contributed by atoms with van der Waals surface area (Å²) in [4.78, 5) is 26.0. The van der Waals surface area contributed by atoms with Crippen LogP contribution in [0.25, 0.3) is 0 Å². The number of aliphatic hydroxyl groups is 1. The second-order valence-electron chi connectivity index (χ2n) is 5.66. The monoisotopic (exact) mass is 348 g/mol. The molecule has 2 N–H and O–H groups in total. The minimum atomic E-state index is -0.909. The van der Waals surface area contributed by atoms with Crippen molar-refractivity contribution in [3.63, 3.8) is 0 Å². The van der Waals surface area contributed by atoms with Crippen LogP contribution in [0.3, 0.4) is 0 Å². The molecular formula is C17H17ClN2O4. The first-order valence-corrected chi connectivity index (χ1v) is 7.97. The molecule has 1 saturated heterocycles. The maximum atomic E-state index is 12.2.